The molecule has 0 aromatic heterocycles. The Labute approximate surface area is 141 Å². The molecular weight excluding hydrogens is 284 g/mol. The first-order valence-electron chi connectivity index (χ1n) is 9.30. The molecule has 1 unspecified atom stereocenters. The van der Waals surface area contributed by atoms with E-state index in [1.807, 2.05) is 18.2 Å². The maximum atomic E-state index is 13.1. The van der Waals surface area contributed by atoms with E-state index < -0.39 is 0 Å². The zero-order chi connectivity index (χ0) is 16.5. The van der Waals surface area contributed by atoms with E-state index in [-0.39, 0.29) is 5.92 Å². The number of nitrogens with zero attached hydrogens (tertiary/aromatic N) is 1. The third-order valence-corrected chi connectivity index (χ3v) is 4.96. The first-order chi connectivity index (χ1) is 11.2. The van der Waals surface area contributed by atoms with Gasteiger partial charge in [0, 0.05) is 12.6 Å². The predicted octanol–water partition coefficient (Wildman–Crippen LogP) is 3.95. The Bertz CT molecular complexity index is 454. The van der Waals surface area contributed by atoms with E-state index in [1.54, 1.807) is 0 Å². The average Bonchev–Trinajstić information content (AvgIpc) is 2.62. The van der Waals surface area contributed by atoms with Crippen molar-refractivity contribution in [2.75, 3.05) is 19.6 Å². The van der Waals surface area contributed by atoms with Crippen molar-refractivity contribution in [2.24, 2.45) is 0 Å². The summed E-state index contributed by atoms with van der Waals surface area (Å²) in [7, 11) is 0. The highest BCUT2D eigenvalue weighted by Gasteiger charge is 2.28. The van der Waals surface area contributed by atoms with Crippen LogP contribution in [-0.4, -0.2) is 36.5 Å². The molecule has 1 aliphatic heterocycles. The number of hydrogen-bond acceptors (Lipinski definition) is 2. The molecule has 2 rings (SSSR count). The number of carbonyl (C=O) groups excluding carboxylic acids is 1. The second-order valence-corrected chi connectivity index (χ2v) is 6.71. The van der Waals surface area contributed by atoms with Crippen molar-refractivity contribution in [3.05, 3.63) is 35.9 Å². The van der Waals surface area contributed by atoms with Crippen LogP contribution in [0.3, 0.4) is 0 Å². The molecule has 1 heterocycles. The fourth-order valence-corrected chi connectivity index (χ4v) is 3.43. The second kappa shape index (κ2) is 9.71. The van der Waals surface area contributed by atoms with Crippen LogP contribution in [-0.2, 0) is 4.79 Å². The SMILES string of the molecule is CCCCCCN(C(=O)C(C)c1ccccc1)C1CCNCC1. The van der Waals surface area contributed by atoms with Gasteiger partial charge in [-0.2, -0.15) is 0 Å². The lowest BCUT2D eigenvalue weighted by atomic mass is 9.96. The lowest BCUT2D eigenvalue weighted by Gasteiger charge is -2.36. The van der Waals surface area contributed by atoms with Crippen molar-refractivity contribution in [3.8, 4) is 0 Å². The fraction of sp³-hybridized carbons (Fsp3) is 0.650. The number of piperidine rings is 1. The Balaban J connectivity index is 2.03. The third-order valence-electron chi connectivity index (χ3n) is 4.96. The summed E-state index contributed by atoms with van der Waals surface area (Å²) < 4.78 is 0. The van der Waals surface area contributed by atoms with E-state index in [2.05, 4.69) is 36.2 Å². The van der Waals surface area contributed by atoms with Gasteiger partial charge in [-0.05, 0) is 44.8 Å². The van der Waals surface area contributed by atoms with Crippen LogP contribution in [0.5, 0.6) is 0 Å². The van der Waals surface area contributed by atoms with Gasteiger partial charge in [-0.3, -0.25) is 4.79 Å². The molecule has 0 saturated carbocycles. The molecule has 1 aromatic carbocycles. The lowest BCUT2D eigenvalue weighted by molar-refractivity contribution is -0.135. The number of nitrogens with one attached hydrogen (secondary N) is 1. The van der Waals surface area contributed by atoms with Gasteiger partial charge >= 0.3 is 0 Å². The fourth-order valence-electron chi connectivity index (χ4n) is 3.43. The first-order valence-corrected chi connectivity index (χ1v) is 9.30. The van der Waals surface area contributed by atoms with Gasteiger partial charge in [-0.25, -0.2) is 0 Å². The molecule has 1 aliphatic rings. The normalized spacial score (nSPS) is 17.0. The maximum absolute atomic E-state index is 13.1. The summed E-state index contributed by atoms with van der Waals surface area (Å²) >= 11 is 0. The molecule has 1 fully saturated rings. The van der Waals surface area contributed by atoms with E-state index >= 15 is 0 Å². The predicted molar refractivity (Wildman–Crippen MR) is 96.6 cm³/mol. The van der Waals surface area contributed by atoms with Crippen molar-refractivity contribution in [1.82, 2.24) is 10.2 Å². The molecule has 0 spiro atoms. The molecule has 3 heteroatoms. The molecule has 1 atom stereocenters. The summed E-state index contributed by atoms with van der Waals surface area (Å²) in [5.41, 5.74) is 1.13. The van der Waals surface area contributed by atoms with Crippen LogP contribution >= 0.6 is 0 Å². The van der Waals surface area contributed by atoms with Gasteiger partial charge in [-0.15, -0.1) is 0 Å². The Morgan fingerprint density at radius 1 is 1.17 bits per heavy atom. The minimum Gasteiger partial charge on any atom is -0.339 e. The quantitative estimate of drug-likeness (QED) is 0.737. The Hall–Kier alpha value is -1.35. The molecule has 1 saturated heterocycles. The molecule has 1 N–H and O–H groups in total. The van der Waals surface area contributed by atoms with Crippen molar-refractivity contribution < 1.29 is 4.79 Å². The van der Waals surface area contributed by atoms with E-state index in [0.717, 1.165) is 44.5 Å². The topological polar surface area (TPSA) is 32.3 Å². The summed E-state index contributed by atoms with van der Waals surface area (Å²) in [6, 6.07) is 10.6. The van der Waals surface area contributed by atoms with Gasteiger partial charge in [0.2, 0.25) is 5.91 Å². The standard InChI is InChI=1S/C20H32N2O/c1-3-4-5-9-16-22(19-12-14-21-15-13-19)20(23)17(2)18-10-7-6-8-11-18/h6-8,10-11,17,19,21H,3-5,9,12-16H2,1-2H3. The van der Waals surface area contributed by atoms with Gasteiger partial charge < -0.3 is 10.2 Å². The van der Waals surface area contributed by atoms with Crippen LogP contribution in [0.4, 0.5) is 0 Å². The van der Waals surface area contributed by atoms with Gasteiger partial charge in [0.15, 0.2) is 0 Å². The highest BCUT2D eigenvalue weighted by Crippen LogP contribution is 2.22. The summed E-state index contributed by atoms with van der Waals surface area (Å²) in [5.74, 6) is 0.261. The Morgan fingerprint density at radius 2 is 1.87 bits per heavy atom. The van der Waals surface area contributed by atoms with Gasteiger partial charge in [0.05, 0.1) is 5.92 Å². The van der Waals surface area contributed by atoms with E-state index in [1.165, 1.54) is 19.3 Å². The van der Waals surface area contributed by atoms with Crippen LogP contribution < -0.4 is 5.32 Å². The van der Waals surface area contributed by atoms with E-state index in [0.29, 0.717) is 11.9 Å². The monoisotopic (exact) mass is 316 g/mol. The van der Waals surface area contributed by atoms with Gasteiger partial charge in [-0.1, -0.05) is 56.5 Å². The minimum absolute atomic E-state index is 0.0442. The number of unbranched alkanes of at least 4 members (excludes halogenated alkanes) is 3. The summed E-state index contributed by atoms with van der Waals surface area (Å²) in [6.07, 6.45) is 7.03. The van der Waals surface area contributed by atoms with E-state index in [9.17, 15) is 4.79 Å². The first kappa shape index (κ1) is 18.0. The second-order valence-electron chi connectivity index (χ2n) is 6.71. The number of hydrogen-bond donors (Lipinski definition) is 1. The maximum Gasteiger partial charge on any atom is 0.230 e. The molecule has 0 aliphatic carbocycles. The number of rotatable bonds is 8. The summed E-state index contributed by atoms with van der Waals surface area (Å²) in [5, 5.41) is 3.41. The zero-order valence-corrected chi connectivity index (χ0v) is 14.8. The molecular formula is C20H32N2O. The van der Waals surface area contributed by atoms with Crippen LogP contribution in [0.25, 0.3) is 0 Å². The Kier molecular flexibility index (Phi) is 7.60. The zero-order valence-electron chi connectivity index (χ0n) is 14.8. The third kappa shape index (κ3) is 5.35. The van der Waals surface area contributed by atoms with Crippen molar-refractivity contribution >= 4 is 5.91 Å². The molecule has 1 aromatic rings. The number of carbonyl (C=O) groups is 1. The number of amides is 1. The molecule has 23 heavy (non-hydrogen) atoms. The van der Waals surface area contributed by atoms with Crippen LogP contribution in [0.15, 0.2) is 30.3 Å². The van der Waals surface area contributed by atoms with Crippen LogP contribution in [0.1, 0.15) is 63.9 Å². The summed E-state index contributed by atoms with van der Waals surface area (Å²) in [4.78, 5) is 15.3. The molecule has 0 radical (unpaired) electrons. The molecule has 3 nitrogen and oxygen atoms in total. The molecule has 128 valence electrons. The van der Waals surface area contributed by atoms with Gasteiger partial charge in [0.25, 0.3) is 0 Å². The average molecular weight is 316 g/mol. The number of benzene rings is 1. The van der Waals surface area contributed by atoms with Crippen molar-refractivity contribution in [2.45, 2.75) is 64.3 Å². The van der Waals surface area contributed by atoms with Crippen molar-refractivity contribution in [1.29, 1.82) is 0 Å². The Morgan fingerprint density at radius 3 is 2.52 bits per heavy atom. The van der Waals surface area contributed by atoms with Gasteiger partial charge in [0.1, 0.15) is 0 Å². The highest BCUT2D eigenvalue weighted by molar-refractivity contribution is 5.83. The largest absolute Gasteiger partial charge is 0.339 e. The van der Waals surface area contributed by atoms with Crippen molar-refractivity contribution in [3.63, 3.8) is 0 Å². The highest BCUT2D eigenvalue weighted by atomic mass is 16.2. The molecule has 0 bridgehead atoms. The minimum atomic E-state index is -0.0442. The van der Waals surface area contributed by atoms with Crippen LogP contribution in [0, 0.1) is 0 Å². The smallest absolute Gasteiger partial charge is 0.230 e. The van der Waals surface area contributed by atoms with Crippen LogP contribution in [0.2, 0.25) is 0 Å². The lowest BCUT2D eigenvalue weighted by Crippen LogP contribution is -2.47. The molecule has 1 amide bonds. The van der Waals surface area contributed by atoms with E-state index in [4.69, 9.17) is 0 Å². The summed E-state index contributed by atoms with van der Waals surface area (Å²) in [6.45, 7) is 7.26.